The average molecular weight is 570 g/mol. The van der Waals surface area contributed by atoms with Gasteiger partial charge < -0.3 is 14.4 Å². The standard InChI is InChI=1S/C33H32FN3O5/c1-2-41-33-27(21-9-5-3-6-10-21)28-31(38)36(25-11-7-4-8-12-25)30(23-13-17-24(34)18-14-23)32(28,42-33)35-29(33)22-15-19-26(20-16-22)37(39)40/h3,5-6,9-10,13-20,25,27-28,30H,2,4,7-8,11-12H2,1H3/t27-,28+,30-,32+,33+/m1/s1. The normalized spacial score (nSPS) is 30.4. The molecule has 1 amide bonds. The zero-order valence-electron chi connectivity index (χ0n) is 23.3. The molecule has 0 radical (unpaired) electrons. The van der Waals surface area contributed by atoms with Gasteiger partial charge in [-0.3, -0.25) is 14.9 Å². The van der Waals surface area contributed by atoms with Gasteiger partial charge in [-0.2, -0.15) is 0 Å². The Balaban J connectivity index is 1.48. The number of non-ortho nitro benzene ring substituents is 1. The molecule has 3 aromatic carbocycles. The number of carbonyl (C=O) groups excluding carboxylic acids is 1. The smallest absolute Gasteiger partial charge is 0.269 e. The molecule has 1 spiro atoms. The molecule has 1 saturated carbocycles. The van der Waals surface area contributed by atoms with E-state index in [1.807, 2.05) is 42.2 Å². The molecule has 42 heavy (non-hydrogen) atoms. The van der Waals surface area contributed by atoms with Gasteiger partial charge >= 0.3 is 0 Å². The predicted molar refractivity (Wildman–Crippen MR) is 153 cm³/mol. The van der Waals surface area contributed by atoms with Crippen LogP contribution in [0.3, 0.4) is 0 Å². The molecule has 9 heteroatoms. The van der Waals surface area contributed by atoms with Crippen molar-refractivity contribution in [2.75, 3.05) is 6.61 Å². The summed E-state index contributed by atoms with van der Waals surface area (Å²) in [5, 5.41) is 11.4. The first kappa shape index (κ1) is 26.9. The first-order valence-corrected chi connectivity index (χ1v) is 14.7. The number of likely N-dealkylation sites (tertiary alicyclic amines) is 1. The second kappa shape index (κ2) is 10.1. The lowest BCUT2D eigenvalue weighted by Crippen LogP contribution is -2.49. The third-order valence-electron chi connectivity index (χ3n) is 9.33. The van der Waals surface area contributed by atoms with E-state index >= 15 is 0 Å². The minimum Gasteiger partial charge on any atom is -0.344 e. The minimum absolute atomic E-state index is 0.0152. The lowest BCUT2D eigenvalue weighted by molar-refractivity contribution is -0.384. The number of carbonyl (C=O) groups is 1. The van der Waals surface area contributed by atoms with Crippen LogP contribution in [0, 0.1) is 21.8 Å². The maximum absolute atomic E-state index is 14.8. The van der Waals surface area contributed by atoms with Crippen molar-refractivity contribution in [1.29, 1.82) is 0 Å². The molecule has 7 rings (SSSR count). The minimum atomic E-state index is -1.40. The van der Waals surface area contributed by atoms with Gasteiger partial charge in [-0.25, -0.2) is 9.38 Å². The van der Waals surface area contributed by atoms with Crippen LogP contribution in [0.4, 0.5) is 10.1 Å². The summed E-state index contributed by atoms with van der Waals surface area (Å²) in [4.78, 5) is 33.0. The Bertz CT molecular complexity index is 1540. The Morgan fingerprint density at radius 2 is 1.67 bits per heavy atom. The number of rotatable bonds is 7. The number of halogens is 1. The van der Waals surface area contributed by atoms with Crippen molar-refractivity contribution in [3.05, 3.63) is 111 Å². The second-order valence-electron chi connectivity index (χ2n) is 11.6. The van der Waals surface area contributed by atoms with Crippen LogP contribution in [0.25, 0.3) is 0 Å². The molecule has 216 valence electrons. The number of amides is 1. The van der Waals surface area contributed by atoms with Crippen molar-refractivity contribution >= 4 is 17.3 Å². The molecular formula is C33H32FN3O5. The molecule has 5 atom stereocenters. The van der Waals surface area contributed by atoms with E-state index in [1.54, 1.807) is 24.3 Å². The molecule has 3 heterocycles. The summed E-state index contributed by atoms with van der Waals surface area (Å²) in [5.74, 6) is -2.99. The van der Waals surface area contributed by atoms with Crippen molar-refractivity contribution in [3.63, 3.8) is 0 Å². The number of hydrogen-bond acceptors (Lipinski definition) is 6. The van der Waals surface area contributed by atoms with E-state index in [-0.39, 0.29) is 23.5 Å². The van der Waals surface area contributed by atoms with Gasteiger partial charge in [-0.15, -0.1) is 0 Å². The van der Waals surface area contributed by atoms with Crippen LogP contribution < -0.4 is 0 Å². The third-order valence-corrected chi connectivity index (χ3v) is 9.33. The Hall–Kier alpha value is -3.95. The second-order valence-corrected chi connectivity index (χ2v) is 11.6. The molecule has 2 saturated heterocycles. The fourth-order valence-electron chi connectivity index (χ4n) is 7.74. The van der Waals surface area contributed by atoms with E-state index in [1.165, 1.54) is 24.3 Å². The van der Waals surface area contributed by atoms with Gasteiger partial charge in [0.05, 0.1) is 10.8 Å². The zero-order chi connectivity index (χ0) is 29.1. The number of fused-ring (bicyclic) bond motifs is 1. The lowest BCUT2D eigenvalue weighted by atomic mass is 9.72. The van der Waals surface area contributed by atoms with Gasteiger partial charge in [-0.05, 0) is 55.2 Å². The van der Waals surface area contributed by atoms with Gasteiger partial charge in [0.2, 0.25) is 11.7 Å². The molecule has 3 aromatic rings. The van der Waals surface area contributed by atoms with Crippen molar-refractivity contribution in [2.24, 2.45) is 10.9 Å². The van der Waals surface area contributed by atoms with E-state index < -0.39 is 34.3 Å². The molecule has 0 aromatic heterocycles. The molecule has 8 nitrogen and oxygen atoms in total. The van der Waals surface area contributed by atoms with Crippen molar-refractivity contribution in [3.8, 4) is 0 Å². The van der Waals surface area contributed by atoms with E-state index in [9.17, 15) is 19.3 Å². The number of nitro groups is 1. The van der Waals surface area contributed by atoms with Gasteiger partial charge in [0, 0.05) is 30.3 Å². The fourth-order valence-corrected chi connectivity index (χ4v) is 7.74. The zero-order valence-corrected chi connectivity index (χ0v) is 23.3. The Morgan fingerprint density at radius 1 is 0.976 bits per heavy atom. The molecule has 3 fully saturated rings. The molecule has 3 aliphatic heterocycles. The quantitative estimate of drug-likeness (QED) is 0.245. The summed E-state index contributed by atoms with van der Waals surface area (Å²) in [6, 6.07) is 21.7. The van der Waals surface area contributed by atoms with Crippen LogP contribution in [0.15, 0.2) is 83.9 Å². The highest BCUT2D eigenvalue weighted by Gasteiger charge is 2.80. The summed E-state index contributed by atoms with van der Waals surface area (Å²) >= 11 is 0. The SMILES string of the molecule is CCO[C@@]12O[C@@]3(N=C1c1ccc([N+](=O)[O-])cc1)[C@H](C(=O)N(C1CCCCC1)[C@@H]3c1ccc(F)cc1)[C@H]2c1ccccc1. The summed E-state index contributed by atoms with van der Waals surface area (Å²) in [5.41, 5.74) is 1.42. The molecule has 0 N–H and O–H groups in total. The largest absolute Gasteiger partial charge is 0.344 e. The van der Waals surface area contributed by atoms with Gasteiger partial charge in [0.25, 0.3) is 5.69 Å². The maximum atomic E-state index is 14.8. The van der Waals surface area contributed by atoms with Gasteiger partial charge in [0.1, 0.15) is 23.5 Å². The van der Waals surface area contributed by atoms with E-state index in [4.69, 9.17) is 14.5 Å². The van der Waals surface area contributed by atoms with Crippen molar-refractivity contribution in [1.82, 2.24) is 4.90 Å². The van der Waals surface area contributed by atoms with E-state index in [2.05, 4.69) is 0 Å². The van der Waals surface area contributed by atoms with Crippen LogP contribution in [0.1, 0.15) is 67.7 Å². The topological polar surface area (TPSA) is 94.3 Å². The molecule has 2 bridgehead atoms. The summed E-state index contributed by atoms with van der Waals surface area (Å²) < 4.78 is 27.8. The van der Waals surface area contributed by atoms with Crippen LogP contribution >= 0.6 is 0 Å². The first-order chi connectivity index (χ1) is 20.4. The van der Waals surface area contributed by atoms with E-state index in [0.29, 0.717) is 17.9 Å². The maximum Gasteiger partial charge on any atom is 0.269 e. The average Bonchev–Trinajstić information content (AvgIpc) is 3.59. The number of nitrogens with zero attached hydrogens (tertiary/aromatic N) is 3. The number of benzene rings is 3. The van der Waals surface area contributed by atoms with Crippen LogP contribution in [0.5, 0.6) is 0 Å². The Kier molecular flexibility index (Phi) is 6.47. The molecule has 1 aliphatic carbocycles. The van der Waals surface area contributed by atoms with Crippen LogP contribution in [0.2, 0.25) is 0 Å². The third kappa shape index (κ3) is 3.86. The monoisotopic (exact) mass is 569 g/mol. The summed E-state index contributed by atoms with van der Waals surface area (Å²) in [6.45, 7) is 2.17. The first-order valence-electron chi connectivity index (χ1n) is 14.7. The highest BCUT2D eigenvalue weighted by atomic mass is 19.1. The van der Waals surface area contributed by atoms with Gasteiger partial charge in [-0.1, -0.05) is 61.7 Å². The van der Waals surface area contributed by atoms with Gasteiger partial charge in [0.15, 0.2) is 5.72 Å². The summed E-state index contributed by atoms with van der Waals surface area (Å²) in [6.07, 6.45) is 4.97. The number of aliphatic imine (C=N–C) groups is 1. The number of ether oxygens (including phenoxy) is 2. The Labute approximate surface area is 243 Å². The fraction of sp³-hybridized carbons (Fsp3) is 0.394. The Morgan fingerprint density at radius 3 is 2.31 bits per heavy atom. The lowest BCUT2D eigenvalue weighted by Gasteiger charge is -2.40. The van der Waals surface area contributed by atoms with E-state index in [0.717, 1.165) is 43.2 Å². The molecule has 4 aliphatic rings. The highest BCUT2D eigenvalue weighted by molar-refractivity contribution is 6.10. The highest BCUT2D eigenvalue weighted by Crippen LogP contribution is 2.68. The number of hydrogen-bond donors (Lipinski definition) is 0. The van der Waals surface area contributed by atoms with Crippen LogP contribution in [-0.4, -0.2) is 45.6 Å². The van der Waals surface area contributed by atoms with Crippen molar-refractivity contribution in [2.45, 2.75) is 68.5 Å². The molecule has 0 unspecified atom stereocenters. The predicted octanol–water partition coefficient (Wildman–Crippen LogP) is 6.31. The number of nitro benzene ring substituents is 1. The van der Waals surface area contributed by atoms with Crippen molar-refractivity contribution < 1.29 is 23.6 Å². The summed E-state index contributed by atoms with van der Waals surface area (Å²) in [7, 11) is 0. The van der Waals surface area contributed by atoms with Crippen LogP contribution in [-0.2, 0) is 14.3 Å². The molecular weight excluding hydrogens is 537 g/mol.